The van der Waals surface area contributed by atoms with Crippen LogP contribution in [0.1, 0.15) is 30.4 Å². The summed E-state index contributed by atoms with van der Waals surface area (Å²) in [6, 6.07) is 15.3. The Morgan fingerprint density at radius 3 is 2.65 bits per heavy atom. The molecular formula is C26H27N3O7S. The number of benzene rings is 2. The van der Waals surface area contributed by atoms with Gasteiger partial charge in [-0.25, -0.2) is 27.5 Å². The number of hydroxylamine groups is 1. The van der Waals surface area contributed by atoms with Crippen LogP contribution in [-0.2, 0) is 30.9 Å². The van der Waals surface area contributed by atoms with Crippen LogP contribution in [0.25, 0.3) is 17.2 Å². The molecule has 3 N–H and O–H groups in total. The zero-order valence-corrected chi connectivity index (χ0v) is 20.7. The molecule has 0 aliphatic carbocycles. The van der Waals surface area contributed by atoms with Crippen LogP contribution in [0.15, 0.2) is 78.0 Å². The van der Waals surface area contributed by atoms with Crippen molar-refractivity contribution in [1.82, 2.24) is 14.8 Å². The van der Waals surface area contributed by atoms with Crippen molar-refractivity contribution in [3.8, 4) is 11.1 Å². The van der Waals surface area contributed by atoms with Crippen molar-refractivity contribution in [2.75, 3.05) is 6.61 Å². The average molecular weight is 526 g/mol. The highest BCUT2D eigenvalue weighted by Gasteiger charge is 2.18. The molecule has 1 aliphatic rings. The summed E-state index contributed by atoms with van der Waals surface area (Å²) in [5, 5.41) is 11.0. The minimum Gasteiger partial charge on any atom is -0.465 e. The molecule has 0 radical (unpaired) electrons. The van der Waals surface area contributed by atoms with Gasteiger partial charge in [0.25, 0.3) is 15.9 Å². The molecular weight excluding hydrogens is 498 g/mol. The van der Waals surface area contributed by atoms with Crippen molar-refractivity contribution in [3.05, 3.63) is 84.2 Å². The van der Waals surface area contributed by atoms with E-state index in [1.165, 1.54) is 30.6 Å². The van der Waals surface area contributed by atoms with Gasteiger partial charge in [0, 0.05) is 38.0 Å². The van der Waals surface area contributed by atoms with E-state index >= 15 is 0 Å². The lowest BCUT2D eigenvalue weighted by molar-refractivity contribution is -0.198. The zero-order chi connectivity index (χ0) is 26.3. The molecule has 4 rings (SSSR count). The molecule has 2 heterocycles. The van der Waals surface area contributed by atoms with Gasteiger partial charge >= 0.3 is 6.09 Å². The van der Waals surface area contributed by atoms with Crippen molar-refractivity contribution in [3.63, 3.8) is 0 Å². The Hall–Kier alpha value is -3.93. The van der Waals surface area contributed by atoms with E-state index in [4.69, 9.17) is 14.7 Å². The summed E-state index contributed by atoms with van der Waals surface area (Å²) in [5.41, 5.74) is 5.11. The highest BCUT2D eigenvalue weighted by Crippen LogP contribution is 2.25. The van der Waals surface area contributed by atoms with Gasteiger partial charge < -0.3 is 15.2 Å². The van der Waals surface area contributed by atoms with Crippen LogP contribution in [0.3, 0.4) is 0 Å². The van der Waals surface area contributed by atoms with Crippen LogP contribution >= 0.6 is 0 Å². The number of hydrogen-bond acceptors (Lipinski definition) is 6. The first-order valence-corrected chi connectivity index (χ1v) is 13.1. The Labute approximate surface area is 214 Å². The van der Waals surface area contributed by atoms with Crippen LogP contribution in [0.5, 0.6) is 0 Å². The zero-order valence-electron chi connectivity index (χ0n) is 19.9. The maximum Gasteiger partial charge on any atom is 0.404 e. The number of hydrogen-bond donors (Lipinski definition) is 3. The summed E-state index contributed by atoms with van der Waals surface area (Å²) >= 11 is 0. The summed E-state index contributed by atoms with van der Waals surface area (Å²) in [4.78, 5) is 28.0. The standard InChI is InChI=1S/C26H27N3O7S/c30-24(28-36-25-6-1-2-15-35-25)12-9-20-13-14-29(18-20)37(33,34)23-5-3-4-22(16-23)21-10-7-19(8-11-21)17-27-26(31)32/h3-5,7-14,16,18,25,27H,1-2,6,15,17H2,(H,28,30)(H,31,32)/b12-9+. The number of ether oxygens (including phenoxy) is 1. The second-order valence-electron chi connectivity index (χ2n) is 8.38. The van der Waals surface area contributed by atoms with E-state index in [-0.39, 0.29) is 11.4 Å². The molecule has 1 saturated heterocycles. The third kappa shape index (κ3) is 7.06. The maximum atomic E-state index is 13.2. The number of aromatic nitrogens is 1. The quantitative estimate of drug-likeness (QED) is 0.286. The number of amides is 2. The fourth-order valence-electron chi connectivity index (χ4n) is 3.73. The molecule has 1 fully saturated rings. The van der Waals surface area contributed by atoms with Crippen molar-refractivity contribution in [2.24, 2.45) is 0 Å². The molecule has 1 atom stereocenters. The van der Waals surface area contributed by atoms with E-state index in [1.807, 2.05) is 0 Å². The smallest absolute Gasteiger partial charge is 0.404 e. The molecule has 3 aromatic rings. The van der Waals surface area contributed by atoms with Gasteiger partial charge in [0.15, 0.2) is 6.29 Å². The number of nitrogens with zero attached hydrogens (tertiary/aromatic N) is 1. The van der Waals surface area contributed by atoms with Gasteiger partial charge in [-0.2, -0.15) is 0 Å². The molecule has 10 nitrogen and oxygen atoms in total. The fourth-order valence-corrected chi connectivity index (χ4v) is 4.98. The summed E-state index contributed by atoms with van der Waals surface area (Å²) in [6.45, 7) is 0.776. The third-order valence-electron chi connectivity index (χ3n) is 5.69. The summed E-state index contributed by atoms with van der Waals surface area (Å²) in [7, 11) is -3.87. The molecule has 194 valence electrons. The van der Waals surface area contributed by atoms with Gasteiger partial charge in [0.05, 0.1) is 4.90 Å². The molecule has 1 aliphatic heterocycles. The Morgan fingerprint density at radius 2 is 1.92 bits per heavy atom. The second kappa shape index (κ2) is 11.9. The van der Waals surface area contributed by atoms with Gasteiger partial charge in [-0.3, -0.25) is 4.79 Å². The largest absolute Gasteiger partial charge is 0.465 e. The SMILES string of the molecule is O=C(O)NCc1ccc(-c2cccc(S(=O)(=O)n3ccc(/C=C/C(=O)NOC4CCCCO4)c3)c2)cc1. The van der Waals surface area contributed by atoms with Crippen molar-refractivity contribution in [2.45, 2.75) is 37.0 Å². The van der Waals surface area contributed by atoms with Crippen LogP contribution in [-0.4, -0.2) is 42.4 Å². The first-order chi connectivity index (χ1) is 17.8. The molecule has 0 bridgehead atoms. The molecule has 2 amide bonds. The molecule has 1 aromatic heterocycles. The van der Waals surface area contributed by atoms with E-state index in [9.17, 15) is 18.0 Å². The molecule has 0 spiro atoms. The minimum absolute atomic E-state index is 0.103. The highest BCUT2D eigenvalue weighted by atomic mass is 32.2. The fraction of sp³-hybridized carbons (Fsp3) is 0.231. The topological polar surface area (TPSA) is 136 Å². The van der Waals surface area contributed by atoms with E-state index in [0.717, 1.165) is 27.9 Å². The maximum absolute atomic E-state index is 13.2. The predicted molar refractivity (Wildman–Crippen MR) is 136 cm³/mol. The second-order valence-corrected chi connectivity index (χ2v) is 10.2. The monoisotopic (exact) mass is 525 g/mol. The van der Waals surface area contributed by atoms with Crippen molar-refractivity contribution < 1.29 is 32.7 Å². The van der Waals surface area contributed by atoms with Gasteiger partial charge in [-0.05, 0) is 59.4 Å². The van der Waals surface area contributed by atoms with Crippen molar-refractivity contribution >= 4 is 28.1 Å². The third-order valence-corrected chi connectivity index (χ3v) is 7.32. The first-order valence-electron chi connectivity index (χ1n) is 11.7. The number of nitrogens with one attached hydrogen (secondary N) is 2. The van der Waals surface area contributed by atoms with Crippen LogP contribution in [0.2, 0.25) is 0 Å². The Morgan fingerprint density at radius 1 is 1.11 bits per heavy atom. The van der Waals surface area contributed by atoms with Gasteiger partial charge in [-0.15, -0.1) is 0 Å². The first kappa shape index (κ1) is 26.1. The van der Waals surface area contributed by atoms with E-state index in [2.05, 4.69) is 10.8 Å². The summed E-state index contributed by atoms with van der Waals surface area (Å²) in [5.74, 6) is -0.484. The minimum atomic E-state index is -3.87. The number of carbonyl (C=O) groups is 2. The number of rotatable bonds is 9. The molecule has 1 unspecified atom stereocenters. The van der Waals surface area contributed by atoms with E-state index in [1.54, 1.807) is 48.5 Å². The van der Waals surface area contributed by atoms with E-state index < -0.39 is 28.3 Å². The Balaban J connectivity index is 1.41. The van der Waals surface area contributed by atoms with Gasteiger partial charge in [-0.1, -0.05) is 36.4 Å². The van der Waals surface area contributed by atoms with Gasteiger partial charge in [0.1, 0.15) is 0 Å². The lowest BCUT2D eigenvalue weighted by Crippen LogP contribution is -2.32. The molecule has 0 saturated carbocycles. The molecule has 2 aromatic carbocycles. The Bertz CT molecular complexity index is 1380. The van der Waals surface area contributed by atoms with Crippen molar-refractivity contribution in [1.29, 1.82) is 0 Å². The normalized spacial score (nSPS) is 15.9. The summed E-state index contributed by atoms with van der Waals surface area (Å²) < 4.78 is 32.9. The van der Waals surface area contributed by atoms with Crippen LogP contribution < -0.4 is 10.8 Å². The highest BCUT2D eigenvalue weighted by molar-refractivity contribution is 7.90. The Kier molecular flexibility index (Phi) is 8.39. The van der Waals surface area contributed by atoms with Crippen LogP contribution in [0, 0.1) is 0 Å². The molecule has 37 heavy (non-hydrogen) atoms. The lowest BCUT2D eigenvalue weighted by atomic mass is 10.0. The van der Waals surface area contributed by atoms with Gasteiger partial charge in [0.2, 0.25) is 0 Å². The average Bonchev–Trinajstić information content (AvgIpc) is 3.41. The molecule has 11 heteroatoms. The van der Waals surface area contributed by atoms with E-state index in [0.29, 0.717) is 24.2 Å². The number of carbonyl (C=O) groups excluding carboxylic acids is 1. The van der Waals surface area contributed by atoms with Crippen LogP contribution in [0.4, 0.5) is 4.79 Å². The lowest BCUT2D eigenvalue weighted by Gasteiger charge is -2.21. The number of carboxylic acid groups (broad SMARTS) is 1. The predicted octanol–water partition coefficient (Wildman–Crippen LogP) is 3.75. The summed E-state index contributed by atoms with van der Waals surface area (Å²) in [6.07, 6.45) is 6.67.